The molecular weight excluding hydrogens is 272 g/mol. The largest absolute Gasteiger partial charge is 0.289 e. The average molecular weight is 279 g/mol. The molecule has 0 aliphatic carbocycles. The molecular formula is C13H7ClOS2. The average Bonchev–Trinajstić information content (AvgIpc) is 2.71. The third-order valence-corrected chi connectivity index (χ3v) is 4.99. The number of hydrogen-bond donors (Lipinski definition) is 0. The fourth-order valence-electron chi connectivity index (χ4n) is 1.66. The Morgan fingerprint density at radius 2 is 1.76 bits per heavy atom. The normalized spacial score (nSPS) is 10.9. The molecule has 0 unspecified atom stereocenters. The Morgan fingerprint density at radius 3 is 2.53 bits per heavy atom. The van der Waals surface area contributed by atoms with E-state index in [1.165, 1.54) is 11.3 Å². The van der Waals surface area contributed by atoms with Crippen LogP contribution in [-0.4, -0.2) is 0 Å². The summed E-state index contributed by atoms with van der Waals surface area (Å²) in [4.78, 5) is 12.9. The minimum atomic E-state index is 0.0424. The minimum Gasteiger partial charge on any atom is -0.289 e. The Bertz CT molecular complexity index is 728. The summed E-state index contributed by atoms with van der Waals surface area (Å²) in [6.45, 7) is 0. The SMILES string of the molecule is O=c1cc(-c2ccccc2)sc2sc(Cl)cc12. The molecule has 17 heavy (non-hydrogen) atoms. The highest BCUT2D eigenvalue weighted by Crippen LogP contribution is 2.34. The number of benzene rings is 1. The van der Waals surface area contributed by atoms with Crippen molar-refractivity contribution in [3.8, 4) is 10.4 Å². The van der Waals surface area contributed by atoms with Gasteiger partial charge in [-0.1, -0.05) is 41.9 Å². The topological polar surface area (TPSA) is 17.1 Å². The van der Waals surface area contributed by atoms with Gasteiger partial charge in [-0.2, -0.15) is 0 Å². The van der Waals surface area contributed by atoms with Crippen LogP contribution in [0, 0.1) is 0 Å². The quantitative estimate of drug-likeness (QED) is 0.633. The summed E-state index contributed by atoms with van der Waals surface area (Å²) in [7, 11) is 0. The second kappa shape index (κ2) is 4.26. The van der Waals surface area contributed by atoms with Crippen LogP contribution >= 0.6 is 34.3 Å². The van der Waals surface area contributed by atoms with E-state index in [0.717, 1.165) is 19.8 Å². The molecule has 0 saturated carbocycles. The van der Waals surface area contributed by atoms with Crippen molar-refractivity contribution in [1.29, 1.82) is 0 Å². The van der Waals surface area contributed by atoms with E-state index >= 15 is 0 Å². The molecule has 0 spiro atoms. The van der Waals surface area contributed by atoms with Gasteiger partial charge in [-0.3, -0.25) is 4.79 Å². The lowest BCUT2D eigenvalue weighted by atomic mass is 10.2. The van der Waals surface area contributed by atoms with Gasteiger partial charge in [0, 0.05) is 10.9 Å². The zero-order chi connectivity index (χ0) is 11.8. The molecule has 0 radical (unpaired) electrons. The highest BCUT2D eigenvalue weighted by molar-refractivity contribution is 7.40. The number of thiophene rings is 1. The van der Waals surface area contributed by atoms with Crippen LogP contribution in [0.1, 0.15) is 0 Å². The zero-order valence-electron chi connectivity index (χ0n) is 8.64. The molecule has 0 fully saturated rings. The summed E-state index contributed by atoms with van der Waals surface area (Å²) in [5.41, 5.74) is 1.11. The summed E-state index contributed by atoms with van der Waals surface area (Å²) in [6, 6.07) is 13.3. The molecule has 1 aromatic carbocycles. The van der Waals surface area contributed by atoms with Gasteiger partial charge in [0.2, 0.25) is 0 Å². The monoisotopic (exact) mass is 278 g/mol. The third kappa shape index (κ3) is 2.02. The third-order valence-electron chi connectivity index (χ3n) is 2.46. The molecule has 4 heteroatoms. The molecule has 0 aliphatic heterocycles. The van der Waals surface area contributed by atoms with Crippen LogP contribution in [0.3, 0.4) is 0 Å². The van der Waals surface area contributed by atoms with Crippen molar-refractivity contribution in [3.05, 3.63) is 57.0 Å². The highest BCUT2D eigenvalue weighted by Gasteiger charge is 2.07. The van der Waals surface area contributed by atoms with Crippen LogP contribution < -0.4 is 5.43 Å². The molecule has 3 aromatic rings. The van der Waals surface area contributed by atoms with Gasteiger partial charge >= 0.3 is 0 Å². The van der Waals surface area contributed by atoms with Crippen LogP contribution in [0.4, 0.5) is 0 Å². The Kier molecular flexibility index (Phi) is 2.74. The molecule has 0 aliphatic rings. The standard InChI is InChI=1S/C13H7ClOS2/c14-12-6-9-10(15)7-11(16-13(9)17-12)8-4-2-1-3-5-8/h1-7H. The van der Waals surface area contributed by atoms with Gasteiger partial charge in [-0.15, -0.1) is 22.7 Å². The summed E-state index contributed by atoms with van der Waals surface area (Å²) in [6.07, 6.45) is 0. The maximum absolute atomic E-state index is 11.9. The van der Waals surface area contributed by atoms with Crippen molar-refractivity contribution < 1.29 is 0 Å². The smallest absolute Gasteiger partial charge is 0.189 e. The zero-order valence-corrected chi connectivity index (χ0v) is 11.0. The molecule has 2 heterocycles. The van der Waals surface area contributed by atoms with E-state index in [0.29, 0.717) is 4.34 Å². The summed E-state index contributed by atoms with van der Waals surface area (Å²) < 4.78 is 1.65. The van der Waals surface area contributed by atoms with Crippen molar-refractivity contribution in [1.82, 2.24) is 0 Å². The van der Waals surface area contributed by atoms with Crippen molar-refractivity contribution in [2.45, 2.75) is 0 Å². The molecule has 0 saturated heterocycles. The van der Waals surface area contributed by atoms with Gasteiger partial charge in [-0.05, 0) is 11.6 Å². The molecule has 3 rings (SSSR count). The van der Waals surface area contributed by atoms with Crippen molar-refractivity contribution in [2.75, 3.05) is 0 Å². The maximum Gasteiger partial charge on any atom is 0.189 e. The van der Waals surface area contributed by atoms with Crippen molar-refractivity contribution in [2.24, 2.45) is 0 Å². The minimum absolute atomic E-state index is 0.0424. The van der Waals surface area contributed by atoms with Gasteiger partial charge in [0.05, 0.1) is 13.7 Å². The molecule has 2 aromatic heterocycles. The first-order valence-corrected chi connectivity index (χ1v) is 7.04. The van der Waals surface area contributed by atoms with Crippen LogP contribution in [0.2, 0.25) is 4.34 Å². The van der Waals surface area contributed by atoms with Crippen LogP contribution in [0.15, 0.2) is 47.3 Å². The molecule has 0 N–H and O–H groups in total. The Hall–Kier alpha value is -1.16. The molecule has 84 valence electrons. The van der Waals surface area contributed by atoms with Gasteiger partial charge in [0.25, 0.3) is 0 Å². The van der Waals surface area contributed by atoms with E-state index in [4.69, 9.17) is 11.6 Å². The predicted octanol–water partition coefficient (Wildman–Crippen LogP) is 4.64. The van der Waals surface area contributed by atoms with Crippen LogP contribution in [0.5, 0.6) is 0 Å². The highest BCUT2D eigenvalue weighted by atomic mass is 35.5. The number of hydrogen-bond acceptors (Lipinski definition) is 3. The lowest BCUT2D eigenvalue weighted by molar-refractivity contribution is 1.67. The molecule has 0 atom stereocenters. The second-order valence-corrected chi connectivity index (χ2v) is 6.59. The lowest BCUT2D eigenvalue weighted by Gasteiger charge is -1.99. The fourth-order valence-corrected chi connectivity index (χ4v) is 4.36. The molecule has 0 amide bonds. The summed E-state index contributed by atoms with van der Waals surface area (Å²) in [5.74, 6) is 0. The van der Waals surface area contributed by atoms with E-state index in [2.05, 4.69) is 0 Å². The van der Waals surface area contributed by atoms with Crippen LogP contribution in [-0.2, 0) is 0 Å². The number of fused-ring (bicyclic) bond motifs is 1. The van der Waals surface area contributed by atoms with Crippen LogP contribution in [0.25, 0.3) is 19.8 Å². The van der Waals surface area contributed by atoms with E-state index in [1.807, 2.05) is 30.3 Å². The molecule has 0 bridgehead atoms. The Balaban J connectivity index is 2.29. The van der Waals surface area contributed by atoms with Crippen molar-refractivity contribution >= 4 is 43.7 Å². The first kappa shape index (κ1) is 11.0. The van der Waals surface area contributed by atoms with E-state index in [9.17, 15) is 4.79 Å². The summed E-state index contributed by atoms with van der Waals surface area (Å²) >= 11 is 9.01. The first-order valence-electron chi connectivity index (χ1n) is 5.02. The second-order valence-electron chi connectivity index (χ2n) is 3.59. The Labute approximate surface area is 111 Å². The Morgan fingerprint density at radius 1 is 1.00 bits per heavy atom. The van der Waals surface area contributed by atoms with Crippen molar-refractivity contribution in [3.63, 3.8) is 0 Å². The first-order chi connectivity index (χ1) is 8.24. The lowest BCUT2D eigenvalue weighted by Crippen LogP contribution is -1.96. The van der Waals surface area contributed by atoms with E-state index in [-0.39, 0.29) is 5.43 Å². The van der Waals surface area contributed by atoms with E-state index < -0.39 is 0 Å². The molecule has 1 nitrogen and oxygen atoms in total. The van der Waals surface area contributed by atoms with Gasteiger partial charge < -0.3 is 0 Å². The number of rotatable bonds is 1. The van der Waals surface area contributed by atoms with Gasteiger partial charge in [0.15, 0.2) is 5.43 Å². The maximum atomic E-state index is 11.9. The predicted molar refractivity (Wildman–Crippen MR) is 76.4 cm³/mol. The van der Waals surface area contributed by atoms with Gasteiger partial charge in [-0.25, -0.2) is 0 Å². The van der Waals surface area contributed by atoms with E-state index in [1.54, 1.807) is 23.5 Å². The fraction of sp³-hybridized carbons (Fsp3) is 0. The van der Waals surface area contributed by atoms with Gasteiger partial charge in [0.1, 0.15) is 0 Å². The number of halogens is 1. The summed E-state index contributed by atoms with van der Waals surface area (Å²) in [5, 5.41) is 0.727.